The summed E-state index contributed by atoms with van der Waals surface area (Å²) in [5.41, 5.74) is 0.511. The molecule has 0 bridgehead atoms. The number of hydrogen-bond acceptors (Lipinski definition) is 5. The normalized spacial score (nSPS) is 11.5. The van der Waals surface area contributed by atoms with Gasteiger partial charge in [-0.05, 0) is 25.7 Å². The van der Waals surface area contributed by atoms with E-state index in [1.165, 1.54) is 0 Å². The Kier molecular flexibility index (Phi) is 3.21. The zero-order chi connectivity index (χ0) is 11.6. The zero-order valence-corrected chi connectivity index (χ0v) is 8.92. The van der Waals surface area contributed by atoms with E-state index >= 15 is 0 Å². The first-order chi connectivity index (χ1) is 6.91. The largest absolute Gasteiger partial charge is 0.867 e. The highest BCUT2D eigenvalue weighted by Gasteiger charge is 2.11. The number of aryl methyl sites for hydroxylation is 2. The van der Waals surface area contributed by atoms with Gasteiger partial charge < -0.3 is 10.2 Å². The molecular formula is C9H8NO4S-. The second-order valence-corrected chi connectivity index (χ2v) is 4.03. The molecule has 0 aliphatic heterocycles. The van der Waals surface area contributed by atoms with Crippen molar-refractivity contribution in [3.63, 3.8) is 0 Å². The summed E-state index contributed by atoms with van der Waals surface area (Å²) in [6, 6.07) is 0. The van der Waals surface area contributed by atoms with E-state index < -0.39 is 17.5 Å². The Hall–Kier alpha value is -1.69. The number of carbonyl (C=O) groups is 2. The summed E-state index contributed by atoms with van der Waals surface area (Å²) in [6.45, 7) is 3.36. The molecule has 0 unspecified atom stereocenters. The smallest absolute Gasteiger partial charge is 0.320 e. The van der Waals surface area contributed by atoms with E-state index in [0.717, 1.165) is 11.3 Å². The summed E-state index contributed by atoms with van der Waals surface area (Å²) in [5.74, 6) is -3.46. The van der Waals surface area contributed by atoms with E-state index in [-0.39, 0.29) is 0 Å². The van der Waals surface area contributed by atoms with Gasteiger partial charge in [-0.3, -0.25) is 4.79 Å². The summed E-state index contributed by atoms with van der Waals surface area (Å²) in [4.78, 5) is 25.9. The minimum atomic E-state index is -1.64. The lowest BCUT2D eigenvalue weighted by atomic mass is 10.2. The number of carboxylic acid groups (broad SMARTS) is 1. The molecule has 1 rings (SSSR count). The van der Waals surface area contributed by atoms with E-state index in [0.29, 0.717) is 21.7 Å². The van der Waals surface area contributed by atoms with E-state index in [2.05, 4.69) is 4.98 Å². The van der Waals surface area contributed by atoms with Gasteiger partial charge in [0.25, 0.3) is 0 Å². The van der Waals surface area contributed by atoms with Gasteiger partial charge in [0.2, 0.25) is 0 Å². The molecule has 5 nitrogen and oxygen atoms in total. The predicted octanol–water partition coefficient (Wildman–Crippen LogP) is 0.271. The molecule has 1 N–H and O–H groups in total. The lowest BCUT2D eigenvalue weighted by Gasteiger charge is -2.03. The van der Waals surface area contributed by atoms with Gasteiger partial charge >= 0.3 is 5.97 Å². The fourth-order valence-electron chi connectivity index (χ4n) is 1.01. The van der Waals surface area contributed by atoms with Crippen molar-refractivity contribution in [2.24, 2.45) is 0 Å². The SMILES string of the molecule is Cc1nc(C)c(C(=O)C=C([O-])C(=O)O)s1. The summed E-state index contributed by atoms with van der Waals surface area (Å²) in [6.07, 6.45) is 0.572. The Morgan fingerprint density at radius 2 is 2.07 bits per heavy atom. The first kappa shape index (κ1) is 11.4. The monoisotopic (exact) mass is 226 g/mol. The quantitative estimate of drug-likeness (QED) is 0.454. The first-order valence-electron chi connectivity index (χ1n) is 4.02. The van der Waals surface area contributed by atoms with Gasteiger partial charge in [-0.2, -0.15) is 0 Å². The summed E-state index contributed by atoms with van der Waals surface area (Å²) in [7, 11) is 0. The van der Waals surface area contributed by atoms with Gasteiger partial charge in [0, 0.05) is 0 Å². The molecule has 0 radical (unpaired) electrons. The highest BCUT2D eigenvalue weighted by atomic mass is 32.1. The fraction of sp³-hybridized carbons (Fsp3) is 0.222. The molecule has 1 heterocycles. The number of allylic oxidation sites excluding steroid dienone is 1. The van der Waals surface area contributed by atoms with Crippen molar-refractivity contribution in [2.75, 3.05) is 0 Å². The standard InChI is InChI=1S/C9H9NO4S/c1-4-8(15-5(2)10-4)6(11)3-7(12)9(13)14/h3,12H,1-2H3,(H,13,14)/p-1. The average molecular weight is 226 g/mol. The van der Waals surface area contributed by atoms with Crippen molar-refractivity contribution < 1.29 is 19.8 Å². The molecule has 0 atom stereocenters. The molecule has 15 heavy (non-hydrogen) atoms. The van der Waals surface area contributed by atoms with Crippen LogP contribution in [0.5, 0.6) is 0 Å². The van der Waals surface area contributed by atoms with Crippen LogP contribution in [-0.4, -0.2) is 21.8 Å². The lowest BCUT2D eigenvalue weighted by molar-refractivity contribution is -0.302. The third kappa shape index (κ3) is 2.63. The maximum atomic E-state index is 11.4. The average Bonchev–Trinajstić information content (AvgIpc) is 2.44. The van der Waals surface area contributed by atoms with Gasteiger partial charge in [0.15, 0.2) is 5.78 Å². The Labute approximate surface area is 89.7 Å². The predicted molar refractivity (Wildman–Crippen MR) is 51.6 cm³/mol. The summed E-state index contributed by atoms with van der Waals surface area (Å²) >= 11 is 1.14. The van der Waals surface area contributed by atoms with E-state index in [1.807, 2.05) is 0 Å². The van der Waals surface area contributed by atoms with Crippen molar-refractivity contribution in [2.45, 2.75) is 13.8 Å². The van der Waals surface area contributed by atoms with Crippen molar-refractivity contribution >= 4 is 23.1 Å². The van der Waals surface area contributed by atoms with Gasteiger partial charge in [0.05, 0.1) is 15.6 Å². The Balaban J connectivity index is 3.01. The third-order valence-electron chi connectivity index (χ3n) is 1.60. The summed E-state index contributed by atoms with van der Waals surface area (Å²) in [5, 5.41) is 19.8. The first-order valence-corrected chi connectivity index (χ1v) is 4.84. The molecule has 0 aromatic carbocycles. The Morgan fingerprint density at radius 3 is 2.47 bits per heavy atom. The maximum absolute atomic E-state index is 11.4. The number of carboxylic acids is 1. The molecule has 80 valence electrons. The highest BCUT2D eigenvalue weighted by Crippen LogP contribution is 2.18. The number of aromatic nitrogens is 1. The summed E-state index contributed by atoms with van der Waals surface area (Å²) < 4.78 is 0. The molecule has 0 aliphatic rings. The van der Waals surface area contributed by atoms with Crippen molar-refractivity contribution in [3.8, 4) is 0 Å². The third-order valence-corrected chi connectivity index (χ3v) is 2.69. The number of nitrogens with zero attached hydrogens (tertiary/aromatic N) is 1. The van der Waals surface area contributed by atoms with Crippen LogP contribution in [0.1, 0.15) is 20.4 Å². The fourth-order valence-corrected chi connectivity index (χ4v) is 1.84. The number of carbonyl (C=O) groups excluding carboxylic acids is 1. The van der Waals surface area contributed by atoms with Crippen LogP contribution in [0.4, 0.5) is 0 Å². The lowest BCUT2D eigenvalue weighted by Crippen LogP contribution is -2.16. The molecular weight excluding hydrogens is 218 g/mol. The van der Waals surface area contributed by atoms with Crippen LogP contribution in [0.3, 0.4) is 0 Å². The molecule has 0 aliphatic carbocycles. The number of aliphatic carboxylic acids is 1. The van der Waals surface area contributed by atoms with Crippen LogP contribution < -0.4 is 5.11 Å². The van der Waals surface area contributed by atoms with E-state index in [4.69, 9.17) is 5.11 Å². The molecule has 0 spiro atoms. The van der Waals surface area contributed by atoms with E-state index in [1.54, 1.807) is 13.8 Å². The molecule has 0 fully saturated rings. The minimum Gasteiger partial charge on any atom is -0.867 e. The molecule has 6 heteroatoms. The van der Waals surface area contributed by atoms with Crippen LogP contribution in [-0.2, 0) is 4.79 Å². The van der Waals surface area contributed by atoms with Crippen LogP contribution in [0, 0.1) is 13.8 Å². The number of hydrogen-bond donors (Lipinski definition) is 1. The van der Waals surface area contributed by atoms with Crippen molar-refractivity contribution in [3.05, 3.63) is 27.4 Å². The van der Waals surface area contributed by atoms with Crippen molar-refractivity contribution in [1.82, 2.24) is 4.98 Å². The second kappa shape index (κ2) is 4.22. The highest BCUT2D eigenvalue weighted by molar-refractivity contribution is 7.13. The number of rotatable bonds is 3. The van der Waals surface area contributed by atoms with Crippen LogP contribution in [0.25, 0.3) is 0 Å². The second-order valence-electron chi connectivity index (χ2n) is 2.83. The maximum Gasteiger partial charge on any atom is 0.320 e. The van der Waals surface area contributed by atoms with E-state index in [9.17, 15) is 14.7 Å². The van der Waals surface area contributed by atoms with Crippen LogP contribution in [0.2, 0.25) is 0 Å². The Morgan fingerprint density at radius 1 is 1.47 bits per heavy atom. The minimum absolute atomic E-state index is 0.308. The van der Waals surface area contributed by atoms with Gasteiger partial charge in [0.1, 0.15) is 0 Å². The molecule has 0 saturated heterocycles. The number of thiazole rings is 1. The van der Waals surface area contributed by atoms with Crippen LogP contribution in [0.15, 0.2) is 11.8 Å². The topological polar surface area (TPSA) is 90.3 Å². The molecule has 1 aromatic rings. The number of ketones is 1. The molecule has 0 amide bonds. The molecule has 1 aromatic heterocycles. The van der Waals surface area contributed by atoms with Gasteiger partial charge in [-0.25, -0.2) is 9.78 Å². The van der Waals surface area contributed by atoms with Crippen LogP contribution >= 0.6 is 11.3 Å². The van der Waals surface area contributed by atoms with Gasteiger partial charge in [-0.15, -0.1) is 11.3 Å². The molecule has 0 saturated carbocycles. The zero-order valence-electron chi connectivity index (χ0n) is 8.10. The van der Waals surface area contributed by atoms with Crippen molar-refractivity contribution in [1.29, 1.82) is 0 Å². The Bertz CT molecular complexity index is 447. The van der Waals surface area contributed by atoms with Gasteiger partial charge in [-0.1, -0.05) is 0 Å².